The van der Waals surface area contributed by atoms with E-state index in [-0.39, 0.29) is 5.78 Å². The summed E-state index contributed by atoms with van der Waals surface area (Å²) in [7, 11) is 0. The summed E-state index contributed by atoms with van der Waals surface area (Å²) in [5, 5.41) is 8.36. The number of Topliss-reactive ketones (excluding diaryl/α,β-unsaturated/α-hetero) is 1. The molecule has 0 heterocycles. The highest BCUT2D eigenvalue weighted by atomic mass is 19.4. The first-order chi connectivity index (χ1) is 9.45. The topological polar surface area (TPSA) is 40.9 Å². The molecule has 0 aromatic heterocycles. The van der Waals surface area contributed by atoms with E-state index >= 15 is 0 Å². The predicted molar refractivity (Wildman–Crippen MR) is 69.1 cm³/mol. The van der Waals surface area contributed by atoms with E-state index in [4.69, 9.17) is 5.26 Å². The normalized spacial score (nSPS) is 11.1. The number of alkyl halides is 3. The van der Waals surface area contributed by atoms with Crippen LogP contribution in [0.25, 0.3) is 0 Å². The van der Waals surface area contributed by atoms with Gasteiger partial charge in [-0.1, -0.05) is 25.0 Å². The highest BCUT2D eigenvalue weighted by Crippen LogP contribution is 2.29. The van der Waals surface area contributed by atoms with Crippen LogP contribution in [0.5, 0.6) is 0 Å². The lowest BCUT2D eigenvalue weighted by atomic mass is 10.0. The number of hydrogen-bond donors (Lipinski definition) is 0. The van der Waals surface area contributed by atoms with Crippen molar-refractivity contribution < 1.29 is 18.0 Å². The van der Waals surface area contributed by atoms with Crippen molar-refractivity contribution in [2.75, 3.05) is 0 Å². The number of nitrogens with zero attached hydrogens (tertiary/aromatic N) is 1. The zero-order valence-corrected chi connectivity index (χ0v) is 11.0. The molecule has 0 aliphatic heterocycles. The molecule has 0 fully saturated rings. The fraction of sp³-hybridized carbons (Fsp3) is 0.467. The smallest absolute Gasteiger partial charge is 0.294 e. The number of unbranched alkanes of at least 4 members (excludes halogenated alkanes) is 4. The molecule has 5 heteroatoms. The number of hydrogen-bond acceptors (Lipinski definition) is 2. The molecule has 1 rings (SSSR count). The lowest BCUT2D eigenvalue weighted by Gasteiger charge is -2.07. The van der Waals surface area contributed by atoms with Crippen molar-refractivity contribution in [2.45, 2.75) is 44.7 Å². The third kappa shape index (κ3) is 5.43. The summed E-state index contributed by atoms with van der Waals surface area (Å²) in [6.07, 6.45) is -0.245. The Labute approximate surface area is 116 Å². The van der Waals surface area contributed by atoms with Crippen LogP contribution in [-0.4, -0.2) is 5.78 Å². The molecule has 2 nitrogen and oxygen atoms in total. The first-order valence-electron chi connectivity index (χ1n) is 6.52. The van der Waals surface area contributed by atoms with Crippen molar-refractivity contribution in [1.29, 1.82) is 5.26 Å². The van der Waals surface area contributed by atoms with E-state index in [0.29, 0.717) is 24.8 Å². The molecule has 0 saturated heterocycles. The summed E-state index contributed by atoms with van der Waals surface area (Å²) in [6, 6.07) is 6.36. The molecule has 1 aromatic carbocycles. The van der Waals surface area contributed by atoms with E-state index in [2.05, 4.69) is 6.07 Å². The maximum atomic E-state index is 12.4. The van der Waals surface area contributed by atoms with E-state index in [0.717, 1.165) is 31.4 Å². The summed E-state index contributed by atoms with van der Waals surface area (Å²) in [6.45, 7) is 0. The maximum absolute atomic E-state index is 12.4. The number of carbonyl (C=O) groups is 1. The van der Waals surface area contributed by atoms with Gasteiger partial charge < -0.3 is 0 Å². The first kappa shape index (κ1) is 16.2. The van der Waals surface area contributed by atoms with E-state index in [1.807, 2.05) is 0 Å². The van der Waals surface area contributed by atoms with E-state index in [1.165, 1.54) is 12.1 Å². The quantitative estimate of drug-likeness (QED) is 0.535. The van der Waals surface area contributed by atoms with Gasteiger partial charge in [0, 0.05) is 18.4 Å². The second kappa shape index (κ2) is 7.68. The summed E-state index contributed by atoms with van der Waals surface area (Å²) < 4.78 is 37.1. The van der Waals surface area contributed by atoms with Gasteiger partial charge in [-0.05, 0) is 25.0 Å². The molecule has 0 bridgehead atoms. The van der Waals surface area contributed by atoms with Gasteiger partial charge >= 0.3 is 6.18 Å². The number of rotatable bonds is 7. The molecule has 0 aliphatic carbocycles. The molecule has 0 N–H and O–H groups in total. The van der Waals surface area contributed by atoms with Gasteiger partial charge in [0.05, 0.1) is 11.6 Å². The van der Waals surface area contributed by atoms with Crippen LogP contribution in [0.4, 0.5) is 13.2 Å². The molecule has 0 radical (unpaired) electrons. The first-order valence-corrected chi connectivity index (χ1v) is 6.52. The minimum atomic E-state index is -4.37. The second-order valence-electron chi connectivity index (χ2n) is 4.57. The standard InChI is InChI=1S/C15H16F3NO/c16-15(17,18)13-9-7-12(8-10-13)14(20)6-4-2-1-3-5-11-19/h7-10H,1-6H2. The van der Waals surface area contributed by atoms with Crippen molar-refractivity contribution in [3.63, 3.8) is 0 Å². The molecule has 0 atom stereocenters. The number of ketones is 1. The van der Waals surface area contributed by atoms with Crippen LogP contribution in [0.1, 0.15) is 54.4 Å². The van der Waals surface area contributed by atoms with E-state index in [1.54, 1.807) is 0 Å². The highest BCUT2D eigenvalue weighted by molar-refractivity contribution is 5.96. The Morgan fingerprint density at radius 2 is 1.65 bits per heavy atom. The van der Waals surface area contributed by atoms with Gasteiger partial charge in [0.15, 0.2) is 5.78 Å². The predicted octanol–water partition coefficient (Wildman–Crippen LogP) is 4.75. The Hall–Kier alpha value is -1.83. The SMILES string of the molecule is N#CCCCCCCC(=O)c1ccc(C(F)(F)F)cc1. The summed E-state index contributed by atoms with van der Waals surface area (Å²) in [5.41, 5.74) is -0.430. The van der Waals surface area contributed by atoms with Crippen molar-refractivity contribution in [1.82, 2.24) is 0 Å². The van der Waals surface area contributed by atoms with E-state index < -0.39 is 11.7 Å². The lowest BCUT2D eigenvalue weighted by Crippen LogP contribution is -2.06. The van der Waals surface area contributed by atoms with Crippen LogP contribution in [0.2, 0.25) is 0 Å². The fourth-order valence-corrected chi connectivity index (χ4v) is 1.83. The van der Waals surface area contributed by atoms with Gasteiger partial charge in [0.25, 0.3) is 0 Å². The monoisotopic (exact) mass is 283 g/mol. The van der Waals surface area contributed by atoms with Gasteiger partial charge in [0.2, 0.25) is 0 Å². The Kier molecular flexibility index (Phi) is 6.23. The molecule has 0 unspecified atom stereocenters. The third-order valence-corrected chi connectivity index (χ3v) is 2.98. The Morgan fingerprint density at radius 3 is 2.20 bits per heavy atom. The number of benzene rings is 1. The van der Waals surface area contributed by atoms with Crippen molar-refractivity contribution in [3.05, 3.63) is 35.4 Å². The number of nitriles is 1. The zero-order valence-electron chi connectivity index (χ0n) is 11.0. The van der Waals surface area contributed by atoms with Crippen molar-refractivity contribution >= 4 is 5.78 Å². The van der Waals surface area contributed by atoms with Crippen LogP contribution in [0, 0.1) is 11.3 Å². The van der Waals surface area contributed by atoms with Gasteiger partial charge in [0.1, 0.15) is 0 Å². The minimum Gasteiger partial charge on any atom is -0.294 e. The van der Waals surface area contributed by atoms with Crippen LogP contribution >= 0.6 is 0 Å². The van der Waals surface area contributed by atoms with Gasteiger partial charge in [-0.25, -0.2) is 0 Å². The Balaban J connectivity index is 2.39. The maximum Gasteiger partial charge on any atom is 0.416 e. The number of carbonyl (C=O) groups excluding carboxylic acids is 1. The molecule has 0 spiro atoms. The second-order valence-corrected chi connectivity index (χ2v) is 4.57. The zero-order chi connectivity index (χ0) is 15.0. The Bertz CT molecular complexity index is 471. The lowest BCUT2D eigenvalue weighted by molar-refractivity contribution is -0.137. The molecule has 108 valence electrons. The van der Waals surface area contributed by atoms with Gasteiger partial charge in [-0.2, -0.15) is 18.4 Å². The number of halogens is 3. The highest BCUT2D eigenvalue weighted by Gasteiger charge is 2.30. The summed E-state index contributed by atoms with van der Waals surface area (Å²) in [4.78, 5) is 11.8. The fourth-order valence-electron chi connectivity index (χ4n) is 1.83. The molecule has 1 aromatic rings. The summed E-state index contributed by atoms with van der Waals surface area (Å²) >= 11 is 0. The largest absolute Gasteiger partial charge is 0.416 e. The molecule has 0 amide bonds. The van der Waals surface area contributed by atoms with Crippen LogP contribution in [-0.2, 0) is 6.18 Å². The van der Waals surface area contributed by atoms with Crippen LogP contribution in [0.15, 0.2) is 24.3 Å². The molecule has 20 heavy (non-hydrogen) atoms. The van der Waals surface area contributed by atoms with Crippen molar-refractivity contribution in [3.8, 4) is 6.07 Å². The molecule has 0 saturated carbocycles. The minimum absolute atomic E-state index is 0.140. The molecule has 0 aliphatic rings. The molecular weight excluding hydrogens is 267 g/mol. The molecular formula is C15H16F3NO. The summed E-state index contributed by atoms with van der Waals surface area (Å²) in [5.74, 6) is -0.140. The Morgan fingerprint density at radius 1 is 1.05 bits per heavy atom. The van der Waals surface area contributed by atoms with E-state index in [9.17, 15) is 18.0 Å². The average Bonchev–Trinajstić information content (AvgIpc) is 2.41. The van der Waals surface area contributed by atoms with Gasteiger partial charge in [-0.15, -0.1) is 0 Å². The van der Waals surface area contributed by atoms with Crippen LogP contribution < -0.4 is 0 Å². The van der Waals surface area contributed by atoms with Gasteiger partial charge in [-0.3, -0.25) is 4.79 Å². The van der Waals surface area contributed by atoms with Crippen molar-refractivity contribution in [2.24, 2.45) is 0 Å². The van der Waals surface area contributed by atoms with Crippen LogP contribution in [0.3, 0.4) is 0 Å². The average molecular weight is 283 g/mol. The third-order valence-electron chi connectivity index (χ3n) is 2.98.